The maximum atomic E-state index is 12.0. The Labute approximate surface area is 146 Å². The summed E-state index contributed by atoms with van der Waals surface area (Å²) in [6.45, 7) is 1.74. The number of carbonyl (C=O) groups is 3. The van der Waals surface area contributed by atoms with Gasteiger partial charge in [0.1, 0.15) is 5.75 Å². The molecule has 0 aliphatic rings. The summed E-state index contributed by atoms with van der Waals surface area (Å²) in [6.07, 6.45) is 0.827. The van der Waals surface area contributed by atoms with Crippen LogP contribution in [0.5, 0.6) is 5.75 Å². The first kappa shape index (κ1) is 18.2. The number of esters is 1. The van der Waals surface area contributed by atoms with E-state index < -0.39 is 11.8 Å². The van der Waals surface area contributed by atoms with Crippen LogP contribution in [0.1, 0.15) is 27.9 Å². The van der Waals surface area contributed by atoms with Crippen molar-refractivity contribution in [2.75, 3.05) is 6.54 Å². The third kappa shape index (κ3) is 5.76. The van der Waals surface area contributed by atoms with Crippen molar-refractivity contribution in [3.8, 4) is 5.75 Å². The molecule has 6 nitrogen and oxygen atoms in total. The lowest BCUT2D eigenvalue weighted by Gasteiger charge is -2.08. The number of amides is 2. The third-order valence-electron chi connectivity index (χ3n) is 3.61. The topological polar surface area (TPSA) is 98.5 Å². The highest BCUT2D eigenvalue weighted by Crippen LogP contribution is 2.15. The van der Waals surface area contributed by atoms with Crippen molar-refractivity contribution in [1.29, 1.82) is 0 Å². The zero-order chi connectivity index (χ0) is 18.2. The SMILES string of the molecule is Cc1ccccc1CCC(=O)Oc1cccc(C(=O)NCC(N)=O)c1. The van der Waals surface area contributed by atoms with Gasteiger partial charge in [0.15, 0.2) is 0 Å². The molecule has 25 heavy (non-hydrogen) atoms. The van der Waals surface area contributed by atoms with E-state index in [4.69, 9.17) is 10.5 Å². The number of nitrogens with one attached hydrogen (secondary N) is 1. The van der Waals surface area contributed by atoms with Gasteiger partial charge in [0.25, 0.3) is 5.91 Å². The zero-order valence-corrected chi connectivity index (χ0v) is 14.0. The maximum Gasteiger partial charge on any atom is 0.311 e. The zero-order valence-electron chi connectivity index (χ0n) is 14.0. The summed E-state index contributed by atoms with van der Waals surface area (Å²) < 4.78 is 5.28. The fourth-order valence-corrected chi connectivity index (χ4v) is 2.28. The van der Waals surface area contributed by atoms with E-state index >= 15 is 0 Å². The lowest BCUT2D eigenvalue weighted by Crippen LogP contribution is -2.33. The van der Waals surface area contributed by atoms with E-state index in [2.05, 4.69) is 5.32 Å². The molecule has 0 unspecified atom stereocenters. The summed E-state index contributed by atoms with van der Waals surface area (Å²) in [5.41, 5.74) is 7.49. The van der Waals surface area contributed by atoms with Gasteiger partial charge >= 0.3 is 5.97 Å². The predicted octanol–water partition coefficient (Wildman–Crippen LogP) is 1.75. The van der Waals surface area contributed by atoms with Gasteiger partial charge in [0.05, 0.1) is 6.54 Å². The van der Waals surface area contributed by atoms with Crippen molar-refractivity contribution in [2.24, 2.45) is 5.73 Å². The van der Waals surface area contributed by atoms with Gasteiger partial charge in [-0.2, -0.15) is 0 Å². The highest BCUT2D eigenvalue weighted by molar-refractivity contribution is 5.96. The molecule has 0 heterocycles. The van der Waals surface area contributed by atoms with E-state index in [0.29, 0.717) is 6.42 Å². The van der Waals surface area contributed by atoms with Crippen molar-refractivity contribution in [1.82, 2.24) is 5.32 Å². The first-order valence-electron chi connectivity index (χ1n) is 7.87. The minimum atomic E-state index is -0.632. The van der Waals surface area contributed by atoms with Crippen LogP contribution in [0.2, 0.25) is 0 Å². The molecule has 2 aromatic rings. The van der Waals surface area contributed by atoms with Crippen LogP contribution in [0.25, 0.3) is 0 Å². The largest absolute Gasteiger partial charge is 0.426 e. The van der Waals surface area contributed by atoms with E-state index in [0.717, 1.165) is 11.1 Å². The Morgan fingerprint density at radius 3 is 2.56 bits per heavy atom. The minimum Gasteiger partial charge on any atom is -0.426 e. The molecule has 0 aliphatic carbocycles. The van der Waals surface area contributed by atoms with Gasteiger partial charge in [0, 0.05) is 12.0 Å². The van der Waals surface area contributed by atoms with Crippen molar-refractivity contribution in [3.63, 3.8) is 0 Å². The molecule has 130 valence electrons. The average Bonchev–Trinajstić information content (AvgIpc) is 2.59. The predicted molar refractivity (Wildman–Crippen MR) is 93.1 cm³/mol. The van der Waals surface area contributed by atoms with Crippen molar-refractivity contribution in [2.45, 2.75) is 19.8 Å². The highest BCUT2D eigenvalue weighted by Gasteiger charge is 2.10. The molecule has 2 aromatic carbocycles. The quantitative estimate of drug-likeness (QED) is 0.592. The molecule has 0 atom stereocenters. The highest BCUT2D eigenvalue weighted by atomic mass is 16.5. The van der Waals surface area contributed by atoms with Crippen LogP contribution < -0.4 is 15.8 Å². The summed E-state index contributed by atoms with van der Waals surface area (Å²) in [7, 11) is 0. The molecule has 3 N–H and O–H groups in total. The Kier molecular flexibility index (Phi) is 6.28. The molecule has 0 aliphatic heterocycles. The van der Waals surface area contributed by atoms with Crippen LogP contribution in [0.3, 0.4) is 0 Å². The normalized spacial score (nSPS) is 10.1. The summed E-state index contributed by atoms with van der Waals surface area (Å²) >= 11 is 0. The van der Waals surface area contributed by atoms with Crippen molar-refractivity contribution >= 4 is 17.8 Å². The molecular weight excluding hydrogens is 320 g/mol. The van der Waals surface area contributed by atoms with Crippen LogP contribution in [-0.2, 0) is 16.0 Å². The van der Waals surface area contributed by atoms with Gasteiger partial charge in [-0.05, 0) is 42.7 Å². The number of hydrogen-bond donors (Lipinski definition) is 2. The van der Waals surface area contributed by atoms with E-state index in [1.165, 1.54) is 6.07 Å². The van der Waals surface area contributed by atoms with Gasteiger partial charge < -0.3 is 15.8 Å². The lowest BCUT2D eigenvalue weighted by atomic mass is 10.0. The smallest absolute Gasteiger partial charge is 0.311 e. The molecule has 0 aromatic heterocycles. The van der Waals surface area contributed by atoms with Crippen LogP contribution >= 0.6 is 0 Å². The Balaban J connectivity index is 1.92. The molecule has 0 saturated carbocycles. The molecule has 0 spiro atoms. The summed E-state index contributed by atoms with van der Waals surface area (Å²) in [4.78, 5) is 34.6. The molecule has 6 heteroatoms. The third-order valence-corrected chi connectivity index (χ3v) is 3.61. The van der Waals surface area contributed by atoms with E-state index in [9.17, 15) is 14.4 Å². The van der Waals surface area contributed by atoms with Crippen molar-refractivity contribution in [3.05, 3.63) is 65.2 Å². The number of nitrogens with two attached hydrogens (primary N) is 1. The lowest BCUT2D eigenvalue weighted by molar-refractivity contribution is -0.134. The van der Waals surface area contributed by atoms with Gasteiger partial charge in [-0.1, -0.05) is 30.3 Å². The Bertz CT molecular complexity index is 786. The van der Waals surface area contributed by atoms with Crippen LogP contribution in [0, 0.1) is 6.92 Å². The van der Waals surface area contributed by atoms with Crippen LogP contribution in [0.15, 0.2) is 48.5 Å². The molecule has 2 amide bonds. The second kappa shape index (κ2) is 8.63. The van der Waals surface area contributed by atoms with Gasteiger partial charge in [-0.25, -0.2) is 0 Å². The first-order chi connectivity index (χ1) is 12.0. The van der Waals surface area contributed by atoms with Gasteiger partial charge in [-0.15, -0.1) is 0 Å². The molecule has 0 bridgehead atoms. The average molecular weight is 340 g/mol. The Hall–Kier alpha value is -3.15. The number of aryl methyl sites for hydroxylation is 2. The first-order valence-corrected chi connectivity index (χ1v) is 7.87. The fraction of sp³-hybridized carbons (Fsp3) is 0.211. The van der Waals surface area contributed by atoms with Gasteiger partial charge in [0.2, 0.25) is 5.91 Å². The van der Waals surface area contributed by atoms with E-state index in [-0.39, 0.29) is 30.2 Å². The molecule has 2 rings (SSSR count). The Morgan fingerprint density at radius 1 is 1.08 bits per heavy atom. The molecular formula is C19H20N2O4. The number of ether oxygens (including phenoxy) is 1. The standard InChI is InChI=1S/C19H20N2O4/c1-13-5-2-3-6-14(13)9-10-18(23)25-16-8-4-7-15(11-16)19(24)21-12-17(20)22/h2-8,11H,9-10,12H2,1H3,(H2,20,22)(H,21,24). The number of rotatable bonds is 7. The molecule has 0 fully saturated rings. The summed E-state index contributed by atoms with van der Waals surface area (Å²) in [5, 5.41) is 2.38. The number of benzene rings is 2. The molecule has 0 saturated heterocycles. The second-order valence-electron chi connectivity index (χ2n) is 5.58. The molecule has 0 radical (unpaired) electrons. The second-order valence-corrected chi connectivity index (χ2v) is 5.58. The van der Waals surface area contributed by atoms with Crippen LogP contribution in [-0.4, -0.2) is 24.3 Å². The van der Waals surface area contributed by atoms with E-state index in [1.54, 1.807) is 18.2 Å². The number of carbonyl (C=O) groups excluding carboxylic acids is 3. The summed E-state index contributed by atoms with van der Waals surface area (Å²) in [5.74, 6) is -1.19. The number of hydrogen-bond acceptors (Lipinski definition) is 4. The van der Waals surface area contributed by atoms with Crippen LogP contribution in [0.4, 0.5) is 0 Å². The van der Waals surface area contributed by atoms with Crippen molar-refractivity contribution < 1.29 is 19.1 Å². The monoisotopic (exact) mass is 340 g/mol. The maximum absolute atomic E-state index is 12.0. The summed E-state index contributed by atoms with van der Waals surface area (Å²) in [6, 6.07) is 14.1. The fourth-order valence-electron chi connectivity index (χ4n) is 2.28. The number of primary amides is 1. The minimum absolute atomic E-state index is 0.239. The Morgan fingerprint density at radius 2 is 1.84 bits per heavy atom. The van der Waals surface area contributed by atoms with E-state index in [1.807, 2.05) is 31.2 Å². The van der Waals surface area contributed by atoms with Gasteiger partial charge in [-0.3, -0.25) is 14.4 Å².